The first-order chi connectivity index (χ1) is 15.8. The number of sulfone groups is 1. The predicted molar refractivity (Wildman–Crippen MR) is 125 cm³/mol. The zero-order valence-electron chi connectivity index (χ0n) is 18.4. The Balaban J connectivity index is 1.49. The summed E-state index contributed by atoms with van der Waals surface area (Å²) in [6.07, 6.45) is 5.67. The van der Waals surface area contributed by atoms with Crippen LogP contribution in [-0.2, 0) is 19.4 Å². The standard InChI is InChI=1S/C22H26N6O4S/c1-32-22(29)13-8-6-12(7-9-13)21-27-18(19-20(23)24-11-25-28(19)21)15-10-14-4-3-5-16(17(14)26-15)33(2,30)31/h3-5,10-13,21,26-27H,6-9H2,1-2H3,(H2,23,24,25)/t12-,13-,21?. The third-order valence-electron chi connectivity index (χ3n) is 6.68. The molecule has 5 rings (SSSR count). The monoisotopic (exact) mass is 470 g/mol. The second kappa shape index (κ2) is 7.91. The number of amidine groups is 1. The van der Waals surface area contributed by atoms with Gasteiger partial charge in [0, 0.05) is 11.6 Å². The van der Waals surface area contributed by atoms with Crippen molar-refractivity contribution >= 4 is 44.6 Å². The quantitative estimate of drug-likeness (QED) is 0.578. The smallest absolute Gasteiger partial charge is 0.308 e. The Kier molecular flexibility index (Phi) is 5.15. The molecule has 3 aliphatic rings. The first-order valence-electron chi connectivity index (χ1n) is 10.8. The molecule has 2 aromatic rings. The molecule has 1 unspecified atom stereocenters. The van der Waals surface area contributed by atoms with Gasteiger partial charge in [0.1, 0.15) is 18.2 Å². The molecule has 2 aliphatic heterocycles. The van der Waals surface area contributed by atoms with Crippen LogP contribution in [0.2, 0.25) is 0 Å². The second-order valence-corrected chi connectivity index (χ2v) is 10.7. The fourth-order valence-electron chi connectivity index (χ4n) is 5.04. The van der Waals surface area contributed by atoms with Crippen molar-refractivity contribution in [2.75, 3.05) is 13.4 Å². The van der Waals surface area contributed by atoms with E-state index in [4.69, 9.17) is 10.5 Å². The molecule has 4 N–H and O–H groups in total. The Morgan fingerprint density at radius 2 is 2.00 bits per heavy atom. The van der Waals surface area contributed by atoms with E-state index in [1.807, 2.05) is 17.1 Å². The molecule has 0 saturated heterocycles. The molecule has 1 saturated carbocycles. The number of hydrogen-bond donors (Lipinski definition) is 3. The van der Waals surface area contributed by atoms with Gasteiger partial charge in [-0.15, -0.1) is 0 Å². The molecule has 33 heavy (non-hydrogen) atoms. The largest absolute Gasteiger partial charge is 0.469 e. The lowest BCUT2D eigenvalue weighted by atomic mass is 9.80. The Labute approximate surface area is 191 Å². The Morgan fingerprint density at radius 3 is 2.70 bits per heavy atom. The molecule has 1 aromatic carbocycles. The number of rotatable bonds is 4. The number of nitrogens with one attached hydrogen (secondary N) is 2. The van der Waals surface area contributed by atoms with Crippen molar-refractivity contribution in [2.24, 2.45) is 27.7 Å². The summed E-state index contributed by atoms with van der Waals surface area (Å²) < 4.78 is 29.4. The van der Waals surface area contributed by atoms with Crippen LogP contribution in [0.1, 0.15) is 31.4 Å². The van der Waals surface area contributed by atoms with E-state index >= 15 is 0 Å². The summed E-state index contributed by atoms with van der Waals surface area (Å²) >= 11 is 0. The van der Waals surface area contributed by atoms with E-state index in [0.29, 0.717) is 22.7 Å². The van der Waals surface area contributed by atoms with Crippen LogP contribution in [0, 0.1) is 11.8 Å². The van der Waals surface area contributed by atoms with Gasteiger partial charge in [0.25, 0.3) is 0 Å². The highest BCUT2D eigenvalue weighted by Gasteiger charge is 2.42. The van der Waals surface area contributed by atoms with Gasteiger partial charge in [0.05, 0.1) is 34.8 Å². The van der Waals surface area contributed by atoms with E-state index < -0.39 is 9.84 Å². The minimum Gasteiger partial charge on any atom is -0.469 e. The molecular weight excluding hydrogens is 444 g/mol. The van der Waals surface area contributed by atoms with Crippen LogP contribution in [0.25, 0.3) is 16.6 Å². The van der Waals surface area contributed by atoms with E-state index in [1.54, 1.807) is 12.1 Å². The summed E-state index contributed by atoms with van der Waals surface area (Å²) in [5.41, 5.74) is 8.90. The average molecular weight is 471 g/mol. The number of nitrogens with zero attached hydrogens (tertiary/aromatic N) is 3. The van der Waals surface area contributed by atoms with Crippen molar-refractivity contribution in [3.05, 3.63) is 35.7 Å². The number of aromatic nitrogens is 1. The molecular formula is C22H26N6O4S. The number of ether oxygens (including phenoxy) is 1. The average Bonchev–Trinajstić information content (AvgIpc) is 3.40. The topological polar surface area (TPSA) is 142 Å². The highest BCUT2D eigenvalue weighted by Crippen LogP contribution is 2.39. The van der Waals surface area contributed by atoms with Crippen molar-refractivity contribution in [1.82, 2.24) is 15.3 Å². The number of methoxy groups -OCH3 is 1. The number of hydrazone groups is 1. The number of aromatic amines is 1. The predicted octanol–water partition coefficient (Wildman–Crippen LogP) is 1.76. The summed E-state index contributed by atoms with van der Waals surface area (Å²) in [7, 11) is -1.98. The summed E-state index contributed by atoms with van der Waals surface area (Å²) in [5, 5.41) is 10.7. The van der Waals surface area contributed by atoms with E-state index in [2.05, 4.69) is 20.4 Å². The first-order valence-corrected chi connectivity index (χ1v) is 12.7. The van der Waals surface area contributed by atoms with Crippen molar-refractivity contribution in [2.45, 2.75) is 36.7 Å². The highest BCUT2D eigenvalue weighted by atomic mass is 32.2. The number of fused-ring (bicyclic) bond motifs is 2. The van der Waals surface area contributed by atoms with Crippen molar-refractivity contribution in [1.29, 1.82) is 0 Å². The molecule has 1 fully saturated rings. The number of benzene rings is 1. The van der Waals surface area contributed by atoms with Gasteiger partial charge in [-0.05, 0) is 43.7 Å². The lowest BCUT2D eigenvalue weighted by molar-refractivity contribution is -0.147. The number of H-pyrrole nitrogens is 1. The lowest BCUT2D eigenvalue weighted by Crippen LogP contribution is -2.44. The lowest BCUT2D eigenvalue weighted by Gasteiger charge is -2.35. The Bertz CT molecular complexity index is 1320. The van der Waals surface area contributed by atoms with Crippen LogP contribution in [-0.4, -0.2) is 56.1 Å². The van der Waals surface area contributed by atoms with Gasteiger partial charge in [-0.2, -0.15) is 5.10 Å². The maximum Gasteiger partial charge on any atom is 0.308 e. The fraction of sp³-hybridized carbons (Fsp3) is 0.409. The summed E-state index contributed by atoms with van der Waals surface area (Å²) in [4.78, 5) is 19.6. The normalized spacial score (nSPS) is 25.1. The van der Waals surface area contributed by atoms with Gasteiger partial charge >= 0.3 is 5.97 Å². The van der Waals surface area contributed by atoms with Gasteiger partial charge in [0.2, 0.25) is 0 Å². The number of carbonyl (C=O) groups is 1. The molecule has 0 spiro atoms. The van der Waals surface area contributed by atoms with Crippen LogP contribution in [0.3, 0.4) is 0 Å². The number of aliphatic imine (C=N–C) groups is 1. The number of nitrogens with two attached hydrogens (primary N) is 1. The van der Waals surface area contributed by atoms with Crippen LogP contribution in [0.15, 0.2) is 45.0 Å². The molecule has 0 bridgehead atoms. The number of carbonyl (C=O) groups excluding carboxylic acids is 1. The molecule has 1 aromatic heterocycles. The molecule has 0 radical (unpaired) electrons. The Morgan fingerprint density at radius 1 is 1.24 bits per heavy atom. The van der Waals surface area contributed by atoms with Crippen LogP contribution >= 0.6 is 0 Å². The fourth-order valence-corrected chi connectivity index (χ4v) is 5.91. The number of hydrogen-bond acceptors (Lipinski definition) is 9. The van der Waals surface area contributed by atoms with E-state index in [1.165, 1.54) is 19.7 Å². The number of para-hydroxylation sites is 1. The van der Waals surface area contributed by atoms with Gasteiger partial charge < -0.3 is 20.8 Å². The SMILES string of the molecule is COC(=O)[C@H]1CC[C@H](C2NC(c3cc4cccc(S(C)(=O)=O)c4[nH]3)=C3C(N)=NC=NN32)CC1. The molecule has 174 valence electrons. The van der Waals surface area contributed by atoms with Crippen LogP contribution in [0.4, 0.5) is 0 Å². The zero-order chi connectivity index (χ0) is 23.3. The highest BCUT2D eigenvalue weighted by molar-refractivity contribution is 7.91. The van der Waals surface area contributed by atoms with Crippen molar-refractivity contribution < 1.29 is 17.9 Å². The second-order valence-electron chi connectivity index (χ2n) is 8.71. The van der Waals surface area contributed by atoms with E-state index in [0.717, 1.165) is 36.8 Å². The van der Waals surface area contributed by atoms with Gasteiger partial charge in [-0.1, -0.05) is 12.1 Å². The molecule has 1 aliphatic carbocycles. The Hall–Kier alpha value is -3.34. The van der Waals surface area contributed by atoms with Gasteiger partial charge in [-0.3, -0.25) is 4.79 Å². The van der Waals surface area contributed by atoms with E-state index in [-0.39, 0.29) is 28.9 Å². The summed E-state index contributed by atoms with van der Waals surface area (Å²) in [5.74, 6) is 0.344. The third kappa shape index (κ3) is 3.65. The minimum atomic E-state index is -3.40. The maximum absolute atomic E-state index is 12.3. The molecule has 11 heteroatoms. The zero-order valence-corrected chi connectivity index (χ0v) is 19.2. The summed E-state index contributed by atoms with van der Waals surface area (Å²) in [6.45, 7) is 0. The van der Waals surface area contributed by atoms with E-state index in [9.17, 15) is 13.2 Å². The first kappa shape index (κ1) is 21.5. The van der Waals surface area contributed by atoms with Gasteiger partial charge in [0.15, 0.2) is 15.7 Å². The number of esters is 1. The molecule has 10 nitrogen and oxygen atoms in total. The molecule has 0 amide bonds. The minimum absolute atomic E-state index is 0.0702. The van der Waals surface area contributed by atoms with Crippen LogP contribution in [0.5, 0.6) is 0 Å². The summed E-state index contributed by atoms with van der Waals surface area (Å²) in [6, 6.07) is 7.09. The third-order valence-corrected chi connectivity index (χ3v) is 7.82. The molecule has 3 heterocycles. The van der Waals surface area contributed by atoms with Crippen molar-refractivity contribution in [3.8, 4) is 0 Å². The molecule has 1 atom stereocenters. The van der Waals surface area contributed by atoms with Crippen molar-refractivity contribution in [3.63, 3.8) is 0 Å². The van der Waals surface area contributed by atoms with Crippen LogP contribution < -0.4 is 11.1 Å². The maximum atomic E-state index is 12.3. The van der Waals surface area contributed by atoms with Gasteiger partial charge in [-0.25, -0.2) is 18.4 Å².